The number of halogens is 1. The number of thiophene rings is 1. The highest BCUT2D eigenvalue weighted by Gasteiger charge is 2.24. The molecule has 0 bridgehead atoms. The van der Waals surface area contributed by atoms with E-state index >= 15 is 0 Å². The van der Waals surface area contributed by atoms with Crippen LogP contribution in [0.3, 0.4) is 0 Å². The van der Waals surface area contributed by atoms with Crippen LogP contribution in [0.2, 0.25) is 5.02 Å². The first kappa shape index (κ1) is 25.8. The first-order valence-electron chi connectivity index (χ1n) is 11.2. The van der Waals surface area contributed by atoms with Crippen molar-refractivity contribution in [3.63, 3.8) is 0 Å². The summed E-state index contributed by atoms with van der Waals surface area (Å²) in [4.78, 5) is 25.8. The number of nitriles is 1. The van der Waals surface area contributed by atoms with Crippen LogP contribution >= 0.6 is 22.9 Å². The number of ether oxygens (including phenoxy) is 2. The van der Waals surface area contributed by atoms with Gasteiger partial charge >= 0.3 is 5.97 Å². The number of hydrogen-bond donors (Lipinski definition) is 1. The van der Waals surface area contributed by atoms with Crippen molar-refractivity contribution in [2.75, 3.05) is 19.0 Å². The Morgan fingerprint density at radius 2 is 1.78 bits per heavy atom. The second-order valence-corrected chi connectivity index (χ2v) is 8.95. The Kier molecular flexibility index (Phi) is 8.08. The van der Waals surface area contributed by atoms with Gasteiger partial charge in [-0.05, 0) is 61.0 Å². The third kappa shape index (κ3) is 5.92. The lowest BCUT2D eigenvalue weighted by atomic mass is 10.0. The van der Waals surface area contributed by atoms with Gasteiger partial charge in [0.1, 0.15) is 39.5 Å². The third-order valence-corrected chi connectivity index (χ3v) is 6.45. The average molecular weight is 533 g/mol. The summed E-state index contributed by atoms with van der Waals surface area (Å²) in [7, 11) is 1.57. The molecule has 0 aliphatic heterocycles. The fraction of sp³-hybridized carbons (Fsp3) is 0.107. The molecule has 0 aliphatic rings. The fourth-order valence-electron chi connectivity index (χ4n) is 3.50. The van der Waals surface area contributed by atoms with E-state index in [1.54, 1.807) is 67.9 Å². The maximum atomic E-state index is 13.0. The largest absolute Gasteiger partial charge is 0.497 e. The van der Waals surface area contributed by atoms with Gasteiger partial charge in [-0.25, -0.2) is 4.79 Å². The van der Waals surface area contributed by atoms with Gasteiger partial charge in [-0.2, -0.15) is 5.26 Å². The molecule has 1 amide bonds. The minimum absolute atomic E-state index is 0.169. The summed E-state index contributed by atoms with van der Waals surface area (Å²) in [5, 5.41) is 15.0. The van der Waals surface area contributed by atoms with Gasteiger partial charge in [0.15, 0.2) is 0 Å². The van der Waals surface area contributed by atoms with Crippen molar-refractivity contribution in [2.45, 2.75) is 6.92 Å². The van der Waals surface area contributed by atoms with E-state index in [1.807, 2.05) is 18.2 Å². The summed E-state index contributed by atoms with van der Waals surface area (Å²) >= 11 is 7.10. The quantitative estimate of drug-likeness (QED) is 0.148. The summed E-state index contributed by atoms with van der Waals surface area (Å²) in [6, 6.07) is 19.6. The molecule has 1 N–H and O–H groups in total. The normalized spacial score (nSPS) is 11.0. The minimum Gasteiger partial charge on any atom is -0.497 e. The molecule has 2 aromatic heterocycles. The molecule has 186 valence electrons. The molecule has 0 spiro atoms. The molecule has 2 aromatic carbocycles. The van der Waals surface area contributed by atoms with E-state index in [0.717, 1.165) is 11.1 Å². The van der Waals surface area contributed by atoms with Gasteiger partial charge in [0.2, 0.25) is 0 Å². The zero-order valence-corrected chi connectivity index (χ0v) is 21.5. The van der Waals surface area contributed by atoms with Crippen LogP contribution in [0.1, 0.15) is 23.0 Å². The lowest BCUT2D eigenvalue weighted by molar-refractivity contribution is -0.112. The molecule has 4 aromatic rings. The van der Waals surface area contributed by atoms with Gasteiger partial charge in [-0.3, -0.25) is 4.79 Å². The Morgan fingerprint density at radius 1 is 1.08 bits per heavy atom. The SMILES string of the molecule is CCOC(=O)c1c(-c2ccc(OC)cc2)csc1NC(=O)C(C#N)=Cc1ccc(-c2ccc(Cl)cc2)o1. The van der Waals surface area contributed by atoms with E-state index in [9.17, 15) is 14.9 Å². The number of benzene rings is 2. The van der Waals surface area contributed by atoms with E-state index in [4.69, 9.17) is 25.5 Å². The van der Waals surface area contributed by atoms with Crippen molar-refractivity contribution in [2.24, 2.45) is 0 Å². The second-order valence-electron chi connectivity index (χ2n) is 7.64. The van der Waals surface area contributed by atoms with E-state index in [2.05, 4.69) is 5.32 Å². The Balaban J connectivity index is 1.61. The molecule has 0 atom stereocenters. The number of carbonyl (C=O) groups is 2. The molecule has 7 nitrogen and oxygen atoms in total. The van der Waals surface area contributed by atoms with Gasteiger partial charge in [0.25, 0.3) is 5.91 Å². The molecule has 2 heterocycles. The first-order valence-corrected chi connectivity index (χ1v) is 12.4. The van der Waals surface area contributed by atoms with Gasteiger partial charge in [0, 0.05) is 27.6 Å². The summed E-state index contributed by atoms with van der Waals surface area (Å²) in [5.41, 5.74) is 2.18. The fourth-order valence-corrected chi connectivity index (χ4v) is 4.58. The van der Waals surface area contributed by atoms with Crippen molar-refractivity contribution >= 4 is 45.9 Å². The van der Waals surface area contributed by atoms with Crippen LogP contribution < -0.4 is 10.1 Å². The molecular weight excluding hydrogens is 512 g/mol. The van der Waals surface area contributed by atoms with Crippen LogP contribution in [-0.4, -0.2) is 25.6 Å². The number of rotatable bonds is 8. The highest BCUT2D eigenvalue weighted by Crippen LogP contribution is 2.37. The molecular formula is C28H21ClN2O5S. The van der Waals surface area contributed by atoms with Crippen LogP contribution in [0.4, 0.5) is 5.00 Å². The summed E-state index contributed by atoms with van der Waals surface area (Å²) in [5.74, 6) is 0.303. The van der Waals surface area contributed by atoms with E-state index in [1.165, 1.54) is 17.4 Å². The van der Waals surface area contributed by atoms with Gasteiger partial charge in [0.05, 0.1) is 13.7 Å². The van der Waals surface area contributed by atoms with Crippen molar-refractivity contribution < 1.29 is 23.5 Å². The maximum Gasteiger partial charge on any atom is 0.341 e. The topological polar surface area (TPSA) is 102 Å². The first-order chi connectivity index (χ1) is 17.9. The summed E-state index contributed by atoms with van der Waals surface area (Å²) < 4.78 is 16.2. The Bertz CT molecular complexity index is 1490. The zero-order chi connectivity index (χ0) is 26.4. The molecule has 4 rings (SSSR count). The Morgan fingerprint density at radius 3 is 2.43 bits per heavy atom. The van der Waals surface area contributed by atoms with Crippen molar-refractivity contribution in [3.05, 3.63) is 88.0 Å². The number of carbonyl (C=O) groups excluding carboxylic acids is 2. The van der Waals surface area contributed by atoms with E-state index in [0.29, 0.717) is 27.9 Å². The van der Waals surface area contributed by atoms with E-state index in [-0.39, 0.29) is 22.7 Å². The van der Waals surface area contributed by atoms with Crippen LogP contribution in [0.15, 0.2) is 76.0 Å². The van der Waals surface area contributed by atoms with Gasteiger partial charge in [-0.15, -0.1) is 11.3 Å². The number of nitrogens with zero attached hydrogens (tertiary/aromatic N) is 1. The Labute approximate surface area is 222 Å². The zero-order valence-electron chi connectivity index (χ0n) is 19.9. The van der Waals surface area contributed by atoms with Crippen molar-refractivity contribution in [3.8, 4) is 34.3 Å². The number of methoxy groups -OCH3 is 1. The minimum atomic E-state index is -0.680. The number of esters is 1. The highest BCUT2D eigenvalue weighted by molar-refractivity contribution is 7.15. The van der Waals surface area contributed by atoms with Crippen molar-refractivity contribution in [1.82, 2.24) is 0 Å². The number of nitrogens with one attached hydrogen (secondary N) is 1. The lowest BCUT2D eigenvalue weighted by Crippen LogP contribution is -2.16. The third-order valence-electron chi connectivity index (χ3n) is 5.31. The lowest BCUT2D eigenvalue weighted by Gasteiger charge is -2.09. The smallest absolute Gasteiger partial charge is 0.341 e. The number of anilines is 1. The molecule has 0 fully saturated rings. The van der Waals surface area contributed by atoms with E-state index < -0.39 is 11.9 Å². The predicted molar refractivity (Wildman–Crippen MR) is 144 cm³/mol. The standard InChI is InChI=1S/C28H21ClN2O5S/c1-3-35-28(33)25-23(17-6-10-21(34-2)11-7-17)16-37-27(25)31-26(32)19(15-30)14-22-12-13-24(36-22)18-4-8-20(29)9-5-18/h4-14,16H,3H2,1-2H3,(H,31,32). The predicted octanol–water partition coefficient (Wildman–Crippen LogP) is 7.06. The van der Waals surface area contributed by atoms with Crippen LogP contribution in [0.5, 0.6) is 5.75 Å². The van der Waals surface area contributed by atoms with Crippen molar-refractivity contribution in [1.29, 1.82) is 5.26 Å². The monoisotopic (exact) mass is 532 g/mol. The number of furan rings is 1. The number of amides is 1. The number of hydrogen-bond acceptors (Lipinski definition) is 7. The average Bonchev–Trinajstić information content (AvgIpc) is 3.55. The molecule has 0 saturated carbocycles. The van der Waals surface area contributed by atoms with Crippen LogP contribution in [0.25, 0.3) is 28.5 Å². The van der Waals surface area contributed by atoms with Crippen LogP contribution in [0, 0.1) is 11.3 Å². The van der Waals surface area contributed by atoms with Gasteiger partial charge < -0.3 is 19.2 Å². The maximum absolute atomic E-state index is 13.0. The summed E-state index contributed by atoms with van der Waals surface area (Å²) in [6.45, 7) is 1.87. The highest BCUT2D eigenvalue weighted by atomic mass is 35.5. The second kappa shape index (κ2) is 11.6. The molecule has 37 heavy (non-hydrogen) atoms. The molecule has 0 aliphatic carbocycles. The van der Waals surface area contributed by atoms with Gasteiger partial charge in [-0.1, -0.05) is 23.7 Å². The molecule has 9 heteroatoms. The van der Waals surface area contributed by atoms with Crippen LogP contribution in [-0.2, 0) is 9.53 Å². The Hall–Kier alpha value is -4.32. The summed E-state index contributed by atoms with van der Waals surface area (Å²) in [6.07, 6.45) is 1.34. The molecule has 0 saturated heterocycles. The molecule has 0 radical (unpaired) electrons. The molecule has 0 unspecified atom stereocenters.